The Morgan fingerprint density at radius 2 is 1.41 bits per heavy atom. The van der Waals surface area contributed by atoms with Gasteiger partial charge < -0.3 is 24.5 Å². The number of ether oxygens (including phenoxy) is 2. The van der Waals surface area contributed by atoms with E-state index in [9.17, 15) is 23.1 Å². The van der Waals surface area contributed by atoms with Gasteiger partial charge in [-0.2, -0.15) is 13.2 Å². The van der Waals surface area contributed by atoms with E-state index in [-0.39, 0.29) is 5.56 Å². The van der Waals surface area contributed by atoms with Gasteiger partial charge in [-0.05, 0) is 82.2 Å². The highest BCUT2D eigenvalue weighted by Crippen LogP contribution is 2.49. The highest BCUT2D eigenvalue weighted by atomic mass is 19.4. The maximum Gasteiger partial charge on any atom is 0.417 e. The van der Waals surface area contributed by atoms with Crippen molar-refractivity contribution in [1.29, 1.82) is 0 Å². The lowest BCUT2D eigenvalue weighted by molar-refractivity contribution is -0.138. The highest BCUT2D eigenvalue weighted by Gasteiger charge is 2.36. The van der Waals surface area contributed by atoms with Gasteiger partial charge in [0, 0.05) is 37.9 Å². The summed E-state index contributed by atoms with van der Waals surface area (Å²) in [6.45, 7) is 4.32. The van der Waals surface area contributed by atoms with Gasteiger partial charge in [-0.3, -0.25) is 4.90 Å². The van der Waals surface area contributed by atoms with Crippen LogP contribution in [0.15, 0.2) is 85.1 Å². The van der Waals surface area contributed by atoms with Crippen LogP contribution >= 0.6 is 0 Å². The summed E-state index contributed by atoms with van der Waals surface area (Å²) < 4.78 is 53.3. The molecule has 224 valence electrons. The quantitative estimate of drug-likeness (QED) is 0.208. The molecule has 0 atom stereocenters. The zero-order valence-corrected chi connectivity index (χ0v) is 23.5. The number of alkyl halides is 3. The first-order valence-corrected chi connectivity index (χ1v) is 14.3. The number of carboxylic acid groups (broad SMARTS) is 1. The van der Waals surface area contributed by atoms with Gasteiger partial charge in [0.15, 0.2) is 11.5 Å². The minimum absolute atomic E-state index is 0.262. The predicted octanol–water partition coefficient (Wildman–Crippen LogP) is 7.79. The third kappa shape index (κ3) is 5.27. The molecule has 2 aliphatic heterocycles. The number of morpholine rings is 1. The summed E-state index contributed by atoms with van der Waals surface area (Å²) in [5, 5.41) is 10.5. The smallest absolute Gasteiger partial charge is 0.417 e. The van der Waals surface area contributed by atoms with E-state index >= 15 is 0 Å². The van der Waals surface area contributed by atoms with Gasteiger partial charge in [0.1, 0.15) is 0 Å². The SMILES string of the molecule is O=C(O)c1ccc(-c2ccc3c(c2)N(CCN2CCOCC2)c2cc(-c4ccc5[nH]ccc5c4)ccc2O3)cc1C(F)(F)F. The van der Waals surface area contributed by atoms with Crippen LogP contribution < -0.4 is 9.64 Å². The largest absolute Gasteiger partial charge is 0.478 e. The molecule has 3 heterocycles. The van der Waals surface area contributed by atoms with Crippen LogP contribution in [0.5, 0.6) is 11.5 Å². The van der Waals surface area contributed by atoms with Gasteiger partial charge in [-0.1, -0.05) is 24.3 Å². The molecule has 7 nitrogen and oxygen atoms in total. The normalized spacial score (nSPS) is 15.1. The number of hydrogen-bond donors (Lipinski definition) is 2. The van der Waals surface area contributed by atoms with Crippen LogP contribution in [0.3, 0.4) is 0 Å². The zero-order valence-electron chi connectivity index (χ0n) is 23.5. The Bertz CT molecular complexity index is 1880. The molecule has 0 amide bonds. The van der Waals surface area contributed by atoms with Crippen molar-refractivity contribution in [1.82, 2.24) is 9.88 Å². The molecule has 5 aromatic rings. The topological polar surface area (TPSA) is 78.0 Å². The van der Waals surface area contributed by atoms with Gasteiger partial charge in [0.05, 0.1) is 35.7 Å². The predicted molar refractivity (Wildman–Crippen MR) is 162 cm³/mol. The fourth-order valence-corrected chi connectivity index (χ4v) is 5.92. The van der Waals surface area contributed by atoms with E-state index in [1.165, 1.54) is 6.07 Å². The number of nitrogens with one attached hydrogen (secondary N) is 1. The van der Waals surface area contributed by atoms with Crippen LogP contribution in [0.2, 0.25) is 0 Å². The van der Waals surface area contributed by atoms with Crippen LogP contribution in [0.4, 0.5) is 24.5 Å². The molecule has 4 aromatic carbocycles. The molecule has 0 radical (unpaired) electrons. The first-order valence-electron chi connectivity index (χ1n) is 14.3. The molecule has 2 aliphatic rings. The third-order valence-electron chi connectivity index (χ3n) is 8.24. The van der Waals surface area contributed by atoms with Crippen LogP contribution in [-0.4, -0.2) is 60.4 Å². The molecule has 1 aromatic heterocycles. The molecule has 0 spiro atoms. The van der Waals surface area contributed by atoms with Crippen molar-refractivity contribution in [2.45, 2.75) is 6.18 Å². The minimum atomic E-state index is -4.82. The van der Waals surface area contributed by atoms with Crippen molar-refractivity contribution in [3.05, 3.63) is 96.2 Å². The maximum atomic E-state index is 13.8. The van der Waals surface area contributed by atoms with Crippen molar-refractivity contribution in [3.63, 3.8) is 0 Å². The number of carboxylic acids is 1. The lowest BCUT2D eigenvalue weighted by atomic mass is 9.97. The van der Waals surface area contributed by atoms with Crippen molar-refractivity contribution < 1.29 is 32.5 Å². The number of H-pyrrole nitrogens is 1. The highest BCUT2D eigenvalue weighted by molar-refractivity contribution is 5.91. The lowest BCUT2D eigenvalue weighted by Crippen LogP contribution is -2.41. The monoisotopic (exact) mass is 599 g/mol. The summed E-state index contributed by atoms with van der Waals surface area (Å²) in [4.78, 5) is 19.2. The Kier molecular flexibility index (Phi) is 7.02. The van der Waals surface area contributed by atoms with Gasteiger partial charge in [-0.15, -0.1) is 0 Å². The van der Waals surface area contributed by atoms with E-state index in [1.807, 2.05) is 36.5 Å². The van der Waals surface area contributed by atoms with Crippen molar-refractivity contribution >= 4 is 28.2 Å². The number of hydrogen-bond acceptors (Lipinski definition) is 5. The molecular formula is C34H28F3N3O4. The van der Waals surface area contributed by atoms with Crippen molar-refractivity contribution in [2.75, 3.05) is 44.3 Å². The number of nitrogens with zero attached hydrogens (tertiary/aromatic N) is 2. The zero-order chi connectivity index (χ0) is 30.4. The molecule has 0 aliphatic carbocycles. The minimum Gasteiger partial charge on any atom is -0.478 e. The molecule has 0 saturated carbocycles. The molecular weight excluding hydrogens is 571 g/mol. The third-order valence-corrected chi connectivity index (χ3v) is 8.24. The van der Waals surface area contributed by atoms with Gasteiger partial charge in [0.2, 0.25) is 0 Å². The first kappa shape index (κ1) is 28.0. The average Bonchev–Trinajstić information content (AvgIpc) is 3.50. The fraction of sp³-hybridized carbons (Fsp3) is 0.206. The molecule has 0 unspecified atom stereocenters. The fourth-order valence-electron chi connectivity index (χ4n) is 5.92. The summed E-state index contributed by atoms with van der Waals surface area (Å²) in [5.74, 6) is -0.355. The van der Waals surface area contributed by atoms with Gasteiger partial charge in [-0.25, -0.2) is 4.79 Å². The van der Waals surface area contributed by atoms with E-state index < -0.39 is 23.3 Å². The van der Waals surface area contributed by atoms with Gasteiger partial charge >= 0.3 is 12.1 Å². The number of carbonyl (C=O) groups is 1. The molecule has 7 rings (SSSR count). The number of halogens is 3. The summed E-state index contributed by atoms with van der Waals surface area (Å²) in [5.41, 5.74) is 3.49. The second-order valence-corrected chi connectivity index (χ2v) is 10.9. The second-order valence-electron chi connectivity index (χ2n) is 10.9. The second kappa shape index (κ2) is 11.0. The number of aromatic carboxylic acids is 1. The number of rotatable bonds is 6. The molecule has 1 fully saturated rings. The van der Waals surface area contributed by atoms with Crippen LogP contribution in [0.1, 0.15) is 15.9 Å². The Labute approximate surface area is 251 Å². The van der Waals surface area contributed by atoms with Crippen molar-refractivity contribution in [2.24, 2.45) is 0 Å². The summed E-state index contributed by atoms with van der Waals surface area (Å²) >= 11 is 0. The molecule has 2 N–H and O–H groups in total. The van der Waals surface area contributed by atoms with Crippen LogP contribution in [0, 0.1) is 0 Å². The Morgan fingerprint density at radius 1 is 0.795 bits per heavy atom. The summed E-state index contributed by atoms with van der Waals surface area (Å²) in [6.07, 6.45) is -2.91. The van der Waals surface area contributed by atoms with Crippen LogP contribution in [0.25, 0.3) is 33.2 Å². The average molecular weight is 600 g/mol. The molecule has 10 heteroatoms. The van der Waals surface area contributed by atoms with E-state index in [0.717, 1.165) is 65.2 Å². The summed E-state index contributed by atoms with van der Waals surface area (Å²) in [7, 11) is 0. The Morgan fingerprint density at radius 3 is 2.07 bits per heavy atom. The Hall–Kier alpha value is -4.80. The number of benzene rings is 4. The number of aromatic nitrogens is 1. The Balaban J connectivity index is 1.30. The van der Waals surface area contributed by atoms with E-state index in [1.54, 1.807) is 12.1 Å². The van der Waals surface area contributed by atoms with E-state index in [0.29, 0.717) is 36.8 Å². The number of aromatic amines is 1. The maximum absolute atomic E-state index is 13.8. The van der Waals surface area contributed by atoms with E-state index in [4.69, 9.17) is 9.47 Å². The van der Waals surface area contributed by atoms with E-state index in [2.05, 4.69) is 33.0 Å². The standard InChI is InChI=1S/C34H28F3N3O4/c35-34(36,37)27-18-22(1-5-26(27)33(41)42)24-4-8-32-30(20-24)40(12-11-39-13-15-43-16-14-39)29-19-23(3-7-31(29)44-32)21-2-6-28-25(17-21)9-10-38-28/h1-10,17-20,38H,11-16H2,(H,41,42). The van der Waals surface area contributed by atoms with Gasteiger partial charge in [0.25, 0.3) is 0 Å². The molecule has 44 heavy (non-hydrogen) atoms. The van der Waals surface area contributed by atoms with Crippen LogP contribution in [-0.2, 0) is 10.9 Å². The summed E-state index contributed by atoms with van der Waals surface area (Å²) in [6, 6.07) is 22.9. The number of fused-ring (bicyclic) bond motifs is 3. The number of anilines is 2. The first-order chi connectivity index (χ1) is 21.2. The lowest BCUT2D eigenvalue weighted by Gasteiger charge is -2.36. The molecule has 1 saturated heterocycles. The van der Waals surface area contributed by atoms with Crippen molar-refractivity contribution in [3.8, 4) is 33.8 Å². The molecule has 0 bridgehead atoms.